The molecule has 7 heteroatoms. The quantitative estimate of drug-likeness (QED) is 0.163. The van der Waals surface area contributed by atoms with Crippen LogP contribution in [0.15, 0.2) is 103 Å². The standard InChI is InChI=1S/C18H15P.C3H2N3O2.Au/c1-4-10-16(11-5-1)19(17-12-6-2-7-13-17)18-14-8-3-9-15-18;7-6(8)3-1-4-5-2-3;/h1-15H;1-2H;/q;-1;+1. The summed E-state index contributed by atoms with van der Waals surface area (Å²) >= 11 is 0. The molecule has 0 atom stereocenters. The molecule has 0 spiro atoms. The second-order valence-electron chi connectivity index (χ2n) is 5.51. The number of hydrogen-bond donors (Lipinski definition) is 0. The normalized spacial score (nSPS) is 9.75. The Morgan fingerprint density at radius 1 is 0.750 bits per heavy atom. The van der Waals surface area contributed by atoms with Crippen molar-refractivity contribution in [3.63, 3.8) is 0 Å². The third-order valence-electron chi connectivity index (χ3n) is 3.70. The van der Waals surface area contributed by atoms with E-state index in [1.165, 1.54) is 15.9 Å². The first-order valence-corrected chi connectivity index (χ1v) is 9.63. The van der Waals surface area contributed by atoms with E-state index >= 15 is 0 Å². The first-order valence-electron chi connectivity index (χ1n) is 8.29. The zero-order valence-electron chi connectivity index (χ0n) is 14.7. The fraction of sp³-hybridized carbons (Fsp3) is 0. The van der Waals surface area contributed by atoms with E-state index in [0.717, 1.165) is 12.4 Å². The molecule has 4 aromatic rings. The van der Waals surface area contributed by atoms with Gasteiger partial charge < -0.3 is 10.2 Å². The van der Waals surface area contributed by atoms with Gasteiger partial charge in [-0.25, -0.2) is 0 Å². The number of rotatable bonds is 4. The van der Waals surface area contributed by atoms with Crippen LogP contribution in [-0.4, -0.2) is 10.0 Å². The summed E-state index contributed by atoms with van der Waals surface area (Å²) in [6.07, 6.45) is 2.19. The molecule has 0 saturated heterocycles. The molecular weight excluding hydrogens is 554 g/mol. The van der Waals surface area contributed by atoms with Crippen molar-refractivity contribution in [1.82, 2.24) is 10.2 Å². The summed E-state index contributed by atoms with van der Waals surface area (Å²) in [5, 5.41) is 20.5. The molecule has 3 aromatic carbocycles. The second kappa shape index (κ2) is 11.3. The molecule has 0 radical (unpaired) electrons. The first kappa shape index (κ1) is 21.7. The third kappa shape index (κ3) is 5.98. The minimum absolute atomic E-state index is 0. The Bertz CT molecular complexity index is 859. The summed E-state index contributed by atoms with van der Waals surface area (Å²) in [6.45, 7) is 0. The van der Waals surface area contributed by atoms with Crippen molar-refractivity contribution in [3.05, 3.63) is 114 Å². The first-order chi connectivity index (χ1) is 13.3. The molecule has 1 aromatic heterocycles. The average molecular weight is 571 g/mol. The molecule has 0 unspecified atom stereocenters. The Balaban J connectivity index is 0.000000264. The van der Waals surface area contributed by atoms with E-state index in [2.05, 4.69) is 101 Å². The van der Waals surface area contributed by atoms with E-state index < -0.39 is 12.8 Å². The number of hydrogen-bond acceptors (Lipinski definition) is 3. The predicted octanol–water partition coefficient (Wildman–Crippen LogP) is 3.39. The Morgan fingerprint density at radius 2 is 1.14 bits per heavy atom. The third-order valence-corrected chi connectivity index (χ3v) is 6.14. The van der Waals surface area contributed by atoms with Gasteiger partial charge in [-0.05, 0) is 23.8 Å². The maximum absolute atomic E-state index is 9.79. The summed E-state index contributed by atoms with van der Waals surface area (Å²) in [6, 6.07) is 32.3. The van der Waals surface area contributed by atoms with Crippen molar-refractivity contribution >= 4 is 29.5 Å². The van der Waals surface area contributed by atoms with Gasteiger partial charge in [0.1, 0.15) is 0 Å². The van der Waals surface area contributed by atoms with Crippen molar-refractivity contribution in [3.8, 4) is 0 Å². The molecule has 5 nitrogen and oxygen atoms in total. The van der Waals surface area contributed by atoms with Crippen LogP contribution < -0.4 is 21.0 Å². The molecule has 0 bridgehead atoms. The zero-order valence-corrected chi connectivity index (χ0v) is 17.8. The van der Waals surface area contributed by atoms with E-state index in [1.54, 1.807) is 0 Å². The topological polar surface area (TPSA) is 70.1 Å². The minimum Gasteiger partial charge on any atom is -0.576 e. The molecule has 0 aliphatic heterocycles. The van der Waals surface area contributed by atoms with E-state index in [1.807, 2.05) is 0 Å². The van der Waals surface area contributed by atoms with Crippen LogP contribution in [0.1, 0.15) is 0 Å². The molecule has 28 heavy (non-hydrogen) atoms. The van der Waals surface area contributed by atoms with Crippen molar-refractivity contribution in [1.29, 1.82) is 0 Å². The Labute approximate surface area is 180 Å². The molecular formula is C21H17AuN3O2P. The van der Waals surface area contributed by atoms with Crippen LogP contribution in [0.5, 0.6) is 0 Å². The van der Waals surface area contributed by atoms with Gasteiger partial charge in [0.05, 0.1) is 11.1 Å². The molecule has 0 aliphatic carbocycles. The van der Waals surface area contributed by atoms with E-state index in [4.69, 9.17) is 0 Å². The van der Waals surface area contributed by atoms with Crippen LogP contribution in [0.25, 0.3) is 0 Å². The number of nitro groups is 1. The van der Waals surface area contributed by atoms with Gasteiger partial charge in [0.2, 0.25) is 0 Å². The molecule has 144 valence electrons. The predicted molar refractivity (Wildman–Crippen MR) is 109 cm³/mol. The summed E-state index contributed by atoms with van der Waals surface area (Å²) in [4.78, 5) is 9.25. The molecule has 0 amide bonds. The number of aromatic nitrogens is 2. The largest absolute Gasteiger partial charge is 1.00 e. The van der Waals surface area contributed by atoms with Crippen LogP contribution in [0.2, 0.25) is 0 Å². The van der Waals surface area contributed by atoms with Crippen LogP contribution in [0, 0.1) is 10.1 Å². The van der Waals surface area contributed by atoms with Crippen molar-refractivity contribution < 1.29 is 27.3 Å². The van der Waals surface area contributed by atoms with Gasteiger partial charge in [-0.2, -0.15) is 0 Å². The van der Waals surface area contributed by atoms with Crippen LogP contribution in [-0.2, 0) is 22.4 Å². The Kier molecular flexibility index (Phi) is 8.79. The van der Waals surface area contributed by atoms with Crippen molar-refractivity contribution in [2.24, 2.45) is 0 Å². The molecule has 0 aliphatic rings. The fourth-order valence-electron chi connectivity index (χ4n) is 2.49. The molecule has 1 heterocycles. The van der Waals surface area contributed by atoms with Gasteiger partial charge in [0.15, 0.2) is 0 Å². The molecule has 0 saturated carbocycles. The van der Waals surface area contributed by atoms with Gasteiger partial charge in [0.25, 0.3) is 5.69 Å². The zero-order chi connectivity index (χ0) is 18.9. The van der Waals surface area contributed by atoms with Gasteiger partial charge in [-0.1, -0.05) is 97.2 Å². The summed E-state index contributed by atoms with van der Waals surface area (Å²) in [7, 11) is -0.446. The van der Waals surface area contributed by atoms with E-state index in [-0.39, 0.29) is 28.1 Å². The van der Waals surface area contributed by atoms with E-state index in [9.17, 15) is 10.1 Å². The summed E-state index contributed by atoms with van der Waals surface area (Å²) in [5.74, 6) is 0. The van der Waals surface area contributed by atoms with Gasteiger partial charge in [-0.3, -0.25) is 10.1 Å². The SMILES string of the molecule is O=[N+]([O-])c1cn[n-]c1.[Au+].c1ccc(P(c2ccccc2)c2ccccc2)cc1. The minimum atomic E-state index is -0.542. The Morgan fingerprint density at radius 3 is 1.39 bits per heavy atom. The number of benzene rings is 3. The van der Waals surface area contributed by atoms with Gasteiger partial charge in [0, 0.05) is 0 Å². The van der Waals surface area contributed by atoms with Crippen molar-refractivity contribution in [2.75, 3.05) is 0 Å². The second-order valence-corrected chi connectivity index (χ2v) is 7.73. The molecule has 4 rings (SSSR count). The summed E-state index contributed by atoms with van der Waals surface area (Å²) < 4.78 is 0. The molecule has 0 fully saturated rings. The van der Waals surface area contributed by atoms with Crippen LogP contribution in [0.4, 0.5) is 5.69 Å². The summed E-state index contributed by atoms with van der Waals surface area (Å²) in [5.41, 5.74) is -0.0648. The van der Waals surface area contributed by atoms with Crippen molar-refractivity contribution in [2.45, 2.75) is 0 Å². The Hall–Kier alpha value is -2.56. The van der Waals surface area contributed by atoms with E-state index in [0.29, 0.717) is 0 Å². The maximum atomic E-state index is 9.79. The van der Waals surface area contributed by atoms with Gasteiger partial charge >= 0.3 is 22.4 Å². The van der Waals surface area contributed by atoms with Crippen LogP contribution in [0.3, 0.4) is 0 Å². The smallest absolute Gasteiger partial charge is 0.576 e. The van der Waals surface area contributed by atoms with Crippen LogP contribution >= 0.6 is 7.92 Å². The maximum Gasteiger partial charge on any atom is 1.00 e. The average Bonchev–Trinajstić information content (AvgIpc) is 3.27. The fourth-order valence-corrected chi connectivity index (χ4v) is 4.80. The molecule has 0 N–H and O–H groups in total. The van der Waals surface area contributed by atoms with Gasteiger partial charge in [-0.15, -0.1) is 0 Å². The number of nitrogens with zero attached hydrogens (tertiary/aromatic N) is 3. The monoisotopic (exact) mass is 571 g/mol.